The van der Waals surface area contributed by atoms with Crippen molar-refractivity contribution in [2.75, 3.05) is 27.4 Å². The Morgan fingerprint density at radius 2 is 1.65 bits per heavy atom. The number of rotatable bonds is 9. The van der Waals surface area contributed by atoms with E-state index in [9.17, 15) is 4.79 Å². The zero-order chi connectivity index (χ0) is 16.5. The Bertz CT molecular complexity index is 639. The minimum absolute atomic E-state index is 0.487. The predicted octanol–water partition coefficient (Wildman–Crippen LogP) is 3.36. The van der Waals surface area contributed by atoms with Gasteiger partial charge in [0, 0.05) is 18.1 Å². The van der Waals surface area contributed by atoms with Crippen molar-refractivity contribution >= 4 is 6.29 Å². The van der Waals surface area contributed by atoms with Crippen molar-refractivity contribution in [2.24, 2.45) is 0 Å². The van der Waals surface area contributed by atoms with Crippen LogP contribution in [0.2, 0.25) is 0 Å². The number of carbonyl (C=O) groups excluding carboxylic acids is 1. The summed E-state index contributed by atoms with van der Waals surface area (Å²) in [6.45, 7) is 1.02. The van der Waals surface area contributed by atoms with Crippen molar-refractivity contribution in [2.45, 2.75) is 6.42 Å². The third-order valence-corrected chi connectivity index (χ3v) is 3.18. The lowest BCUT2D eigenvalue weighted by atomic mass is 10.2. The highest BCUT2D eigenvalue weighted by molar-refractivity contribution is 5.76. The first kappa shape index (κ1) is 16.7. The fraction of sp³-hybridized carbons (Fsp3) is 0.278. The molecule has 2 aromatic rings. The zero-order valence-electron chi connectivity index (χ0n) is 13.3. The molecular formula is C18H20O5. The van der Waals surface area contributed by atoms with E-state index in [-0.39, 0.29) is 0 Å². The summed E-state index contributed by atoms with van der Waals surface area (Å²) in [5, 5.41) is 0. The molecule has 0 aliphatic heterocycles. The zero-order valence-corrected chi connectivity index (χ0v) is 13.3. The Kier molecular flexibility index (Phi) is 6.29. The van der Waals surface area contributed by atoms with Crippen molar-refractivity contribution in [1.29, 1.82) is 0 Å². The Balaban J connectivity index is 1.78. The highest BCUT2D eigenvalue weighted by Crippen LogP contribution is 2.27. The van der Waals surface area contributed by atoms with Gasteiger partial charge in [-0.2, -0.15) is 0 Å². The summed E-state index contributed by atoms with van der Waals surface area (Å²) in [5.74, 6) is 2.68. The van der Waals surface area contributed by atoms with Crippen LogP contribution in [0.15, 0.2) is 42.5 Å². The number of ether oxygens (including phenoxy) is 4. The molecule has 0 atom stereocenters. The standard InChI is InChI=1S/C18H20O5/c1-20-15-5-3-6-16(12-15)22-9-4-10-23-17-8-7-14(13-19)11-18(17)21-2/h3,5-8,11-13H,4,9-10H2,1-2H3. The SMILES string of the molecule is COc1cccc(OCCCOc2ccc(C=O)cc2OC)c1. The first-order valence-corrected chi connectivity index (χ1v) is 7.29. The van der Waals surface area contributed by atoms with Gasteiger partial charge in [0.25, 0.3) is 0 Å². The molecule has 23 heavy (non-hydrogen) atoms. The third kappa shape index (κ3) is 4.92. The van der Waals surface area contributed by atoms with Crippen LogP contribution in [-0.2, 0) is 0 Å². The van der Waals surface area contributed by atoms with Crippen LogP contribution in [0, 0.1) is 0 Å². The van der Waals surface area contributed by atoms with Crippen LogP contribution in [0.3, 0.4) is 0 Å². The van der Waals surface area contributed by atoms with Crippen LogP contribution < -0.4 is 18.9 Å². The Morgan fingerprint density at radius 1 is 0.870 bits per heavy atom. The fourth-order valence-corrected chi connectivity index (χ4v) is 2.00. The van der Waals surface area contributed by atoms with E-state index in [1.807, 2.05) is 24.3 Å². The van der Waals surface area contributed by atoms with Gasteiger partial charge < -0.3 is 18.9 Å². The molecule has 0 heterocycles. The highest BCUT2D eigenvalue weighted by atomic mass is 16.5. The van der Waals surface area contributed by atoms with E-state index in [0.29, 0.717) is 30.3 Å². The number of hydrogen-bond donors (Lipinski definition) is 0. The Hall–Kier alpha value is -2.69. The molecule has 0 bridgehead atoms. The van der Waals surface area contributed by atoms with E-state index in [2.05, 4.69) is 0 Å². The minimum atomic E-state index is 0.487. The van der Waals surface area contributed by atoms with Gasteiger partial charge in [0.2, 0.25) is 0 Å². The second-order valence-electron chi connectivity index (χ2n) is 4.76. The van der Waals surface area contributed by atoms with E-state index in [1.165, 1.54) is 0 Å². The first-order valence-electron chi connectivity index (χ1n) is 7.29. The molecule has 0 aliphatic rings. The van der Waals surface area contributed by atoms with Gasteiger partial charge in [-0.15, -0.1) is 0 Å². The van der Waals surface area contributed by atoms with Gasteiger partial charge in [-0.05, 0) is 30.3 Å². The summed E-state index contributed by atoms with van der Waals surface area (Å²) in [5.41, 5.74) is 0.551. The second-order valence-corrected chi connectivity index (χ2v) is 4.76. The van der Waals surface area contributed by atoms with Crippen molar-refractivity contribution in [3.63, 3.8) is 0 Å². The van der Waals surface area contributed by atoms with Gasteiger partial charge in [0.15, 0.2) is 11.5 Å². The molecule has 5 nitrogen and oxygen atoms in total. The van der Waals surface area contributed by atoms with E-state index < -0.39 is 0 Å². The maximum atomic E-state index is 10.7. The Labute approximate surface area is 135 Å². The topological polar surface area (TPSA) is 54.0 Å². The van der Waals surface area contributed by atoms with Gasteiger partial charge in [0.1, 0.15) is 17.8 Å². The fourth-order valence-electron chi connectivity index (χ4n) is 2.00. The number of carbonyl (C=O) groups is 1. The largest absolute Gasteiger partial charge is 0.497 e. The van der Waals surface area contributed by atoms with Crippen LogP contribution in [0.5, 0.6) is 23.0 Å². The third-order valence-electron chi connectivity index (χ3n) is 3.18. The lowest BCUT2D eigenvalue weighted by Gasteiger charge is -2.11. The Morgan fingerprint density at radius 3 is 2.39 bits per heavy atom. The summed E-state index contributed by atoms with van der Waals surface area (Å²) in [6, 6.07) is 12.5. The summed E-state index contributed by atoms with van der Waals surface area (Å²) < 4.78 is 21.7. The molecule has 0 saturated heterocycles. The number of benzene rings is 2. The quantitative estimate of drug-likeness (QED) is 0.524. The summed E-state index contributed by atoms with van der Waals surface area (Å²) >= 11 is 0. The van der Waals surface area contributed by atoms with Crippen LogP contribution in [0.1, 0.15) is 16.8 Å². The van der Waals surface area contributed by atoms with Crippen LogP contribution in [-0.4, -0.2) is 33.7 Å². The molecular weight excluding hydrogens is 296 g/mol. The molecule has 0 spiro atoms. The van der Waals surface area contributed by atoms with Crippen LogP contribution in [0.25, 0.3) is 0 Å². The monoisotopic (exact) mass is 316 g/mol. The number of aldehydes is 1. The minimum Gasteiger partial charge on any atom is -0.497 e. The van der Waals surface area contributed by atoms with Crippen LogP contribution in [0.4, 0.5) is 0 Å². The van der Waals surface area contributed by atoms with Gasteiger partial charge in [-0.25, -0.2) is 0 Å². The molecule has 0 aliphatic carbocycles. The molecule has 0 radical (unpaired) electrons. The second kappa shape index (κ2) is 8.68. The van der Waals surface area contributed by atoms with Gasteiger partial charge in [-0.3, -0.25) is 4.79 Å². The average molecular weight is 316 g/mol. The lowest BCUT2D eigenvalue weighted by Crippen LogP contribution is -2.06. The molecule has 122 valence electrons. The van der Waals surface area contributed by atoms with Gasteiger partial charge in [0.05, 0.1) is 27.4 Å². The summed E-state index contributed by atoms with van der Waals surface area (Å²) in [7, 11) is 3.17. The molecule has 2 aromatic carbocycles. The highest BCUT2D eigenvalue weighted by Gasteiger charge is 2.05. The lowest BCUT2D eigenvalue weighted by molar-refractivity contribution is 0.112. The molecule has 5 heteroatoms. The first-order chi connectivity index (χ1) is 11.3. The van der Waals surface area contributed by atoms with E-state index in [4.69, 9.17) is 18.9 Å². The number of methoxy groups -OCH3 is 2. The molecule has 0 saturated carbocycles. The average Bonchev–Trinajstić information content (AvgIpc) is 2.61. The smallest absolute Gasteiger partial charge is 0.161 e. The molecule has 0 N–H and O–H groups in total. The molecule has 2 rings (SSSR count). The summed E-state index contributed by atoms with van der Waals surface area (Å²) in [4.78, 5) is 10.7. The van der Waals surface area contributed by atoms with Crippen molar-refractivity contribution in [3.05, 3.63) is 48.0 Å². The van der Waals surface area contributed by atoms with Gasteiger partial charge >= 0.3 is 0 Å². The van der Waals surface area contributed by atoms with E-state index in [0.717, 1.165) is 24.2 Å². The molecule has 0 aromatic heterocycles. The van der Waals surface area contributed by atoms with Crippen molar-refractivity contribution in [3.8, 4) is 23.0 Å². The molecule has 0 amide bonds. The summed E-state index contributed by atoms with van der Waals surface area (Å²) in [6.07, 6.45) is 1.49. The van der Waals surface area contributed by atoms with Crippen molar-refractivity contribution in [1.82, 2.24) is 0 Å². The predicted molar refractivity (Wildman–Crippen MR) is 87.0 cm³/mol. The molecule has 0 unspecified atom stereocenters. The molecule has 0 fully saturated rings. The maximum absolute atomic E-state index is 10.7. The van der Waals surface area contributed by atoms with Crippen LogP contribution >= 0.6 is 0 Å². The normalized spacial score (nSPS) is 10.0. The van der Waals surface area contributed by atoms with E-state index in [1.54, 1.807) is 32.4 Å². The van der Waals surface area contributed by atoms with Crippen molar-refractivity contribution < 1.29 is 23.7 Å². The van der Waals surface area contributed by atoms with Gasteiger partial charge in [-0.1, -0.05) is 6.07 Å². The van der Waals surface area contributed by atoms with E-state index >= 15 is 0 Å². The maximum Gasteiger partial charge on any atom is 0.161 e. The number of hydrogen-bond acceptors (Lipinski definition) is 5.